The van der Waals surface area contributed by atoms with E-state index in [0.717, 1.165) is 30.7 Å². The van der Waals surface area contributed by atoms with E-state index in [0.29, 0.717) is 0 Å². The van der Waals surface area contributed by atoms with Gasteiger partial charge in [0.2, 0.25) is 0 Å². The van der Waals surface area contributed by atoms with Crippen LogP contribution in [-0.4, -0.2) is 17.7 Å². The molecule has 1 aromatic rings. The lowest BCUT2D eigenvalue weighted by Gasteiger charge is -2.30. The maximum Gasteiger partial charge on any atom is 0.0783 e. The molecule has 4 nitrogen and oxygen atoms in total. The molecule has 0 amide bonds. The van der Waals surface area contributed by atoms with Gasteiger partial charge in [-0.1, -0.05) is 6.07 Å². The highest BCUT2D eigenvalue weighted by Gasteiger charge is 2.25. The average Bonchev–Trinajstić information content (AvgIpc) is 2.34. The van der Waals surface area contributed by atoms with Crippen molar-refractivity contribution in [2.24, 2.45) is 5.84 Å². The molecule has 0 aromatic carbocycles. The van der Waals surface area contributed by atoms with Crippen LogP contribution in [0.4, 0.5) is 0 Å². The Kier molecular flexibility index (Phi) is 3.88. The maximum absolute atomic E-state index is 5.75. The molecule has 2 heterocycles. The quantitative estimate of drug-likeness (QED) is 0.599. The second-order valence-corrected chi connectivity index (χ2v) is 4.28. The Morgan fingerprint density at radius 3 is 2.94 bits per heavy atom. The minimum atomic E-state index is 0.0494. The van der Waals surface area contributed by atoms with Crippen molar-refractivity contribution in [2.75, 3.05) is 6.61 Å². The highest BCUT2D eigenvalue weighted by molar-refractivity contribution is 5.18. The van der Waals surface area contributed by atoms with Crippen molar-refractivity contribution in [3.8, 4) is 0 Å². The molecule has 0 radical (unpaired) electrons. The van der Waals surface area contributed by atoms with Crippen LogP contribution in [-0.2, 0) is 4.74 Å². The summed E-state index contributed by atoms with van der Waals surface area (Å²) in [4.78, 5) is 4.29. The molecule has 2 atom stereocenters. The second kappa shape index (κ2) is 5.39. The van der Waals surface area contributed by atoms with Gasteiger partial charge in [0.25, 0.3) is 0 Å². The number of pyridine rings is 1. The third-order valence-corrected chi connectivity index (χ3v) is 3.06. The van der Waals surface area contributed by atoms with Crippen LogP contribution in [0.2, 0.25) is 0 Å². The number of hydrogen-bond donors (Lipinski definition) is 2. The Hall–Kier alpha value is -0.970. The smallest absolute Gasteiger partial charge is 0.0783 e. The van der Waals surface area contributed by atoms with Crippen LogP contribution in [0.1, 0.15) is 36.6 Å². The van der Waals surface area contributed by atoms with Crippen LogP contribution in [0.3, 0.4) is 0 Å². The first kappa shape index (κ1) is 11.5. The van der Waals surface area contributed by atoms with Crippen LogP contribution in [0.5, 0.6) is 0 Å². The molecule has 1 saturated heterocycles. The molecule has 16 heavy (non-hydrogen) atoms. The zero-order valence-electron chi connectivity index (χ0n) is 9.65. The van der Waals surface area contributed by atoms with Gasteiger partial charge in [-0.15, -0.1) is 0 Å². The van der Waals surface area contributed by atoms with E-state index in [4.69, 9.17) is 10.6 Å². The summed E-state index contributed by atoms with van der Waals surface area (Å²) < 4.78 is 5.75. The van der Waals surface area contributed by atoms with E-state index in [-0.39, 0.29) is 12.1 Å². The standard InChI is InChI=1S/C12H19N3O/c1-9-5-6-10(8-14-9)12(15-13)11-4-2-3-7-16-11/h5-6,8,11-12,15H,2-4,7,13H2,1H3. The average molecular weight is 221 g/mol. The maximum atomic E-state index is 5.75. The summed E-state index contributed by atoms with van der Waals surface area (Å²) in [5, 5.41) is 0. The summed E-state index contributed by atoms with van der Waals surface area (Å²) >= 11 is 0. The molecule has 4 heteroatoms. The Balaban J connectivity index is 2.11. The normalized spacial score (nSPS) is 23.0. The van der Waals surface area contributed by atoms with Gasteiger partial charge in [-0.25, -0.2) is 0 Å². The molecule has 2 rings (SSSR count). The molecule has 0 saturated carbocycles. The molecule has 1 aromatic heterocycles. The van der Waals surface area contributed by atoms with Crippen molar-refractivity contribution < 1.29 is 4.74 Å². The summed E-state index contributed by atoms with van der Waals surface area (Å²) in [6, 6.07) is 4.11. The first-order chi connectivity index (χ1) is 7.81. The number of aryl methyl sites for hydroxylation is 1. The first-order valence-electron chi connectivity index (χ1n) is 5.81. The fraction of sp³-hybridized carbons (Fsp3) is 0.583. The van der Waals surface area contributed by atoms with Crippen molar-refractivity contribution in [1.29, 1.82) is 0 Å². The van der Waals surface area contributed by atoms with E-state index in [1.165, 1.54) is 6.42 Å². The second-order valence-electron chi connectivity index (χ2n) is 4.28. The highest BCUT2D eigenvalue weighted by atomic mass is 16.5. The van der Waals surface area contributed by atoms with Gasteiger partial charge in [0.05, 0.1) is 12.1 Å². The molecular weight excluding hydrogens is 202 g/mol. The van der Waals surface area contributed by atoms with E-state index >= 15 is 0 Å². The highest BCUT2D eigenvalue weighted by Crippen LogP contribution is 2.25. The molecule has 0 bridgehead atoms. The number of nitrogens with two attached hydrogens (primary N) is 1. The summed E-state index contributed by atoms with van der Waals surface area (Å²) in [5.74, 6) is 5.62. The van der Waals surface area contributed by atoms with Crippen molar-refractivity contribution in [3.63, 3.8) is 0 Å². The lowest BCUT2D eigenvalue weighted by molar-refractivity contribution is -0.00829. The van der Waals surface area contributed by atoms with Crippen molar-refractivity contribution >= 4 is 0 Å². The van der Waals surface area contributed by atoms with Gasteiger partial charge in [0.1, 0.15) is 0 Å². The number of ether oxygens (including phenoxy) is 1. The number of nitrogens with zero attached hydrogens (tertiary/aromatic N) is 1. The van der Waals surface area contributed by atoms with Gasteiger partial charge in [-0.3, -0.25) is 16.3 Å². The fourth-order valence-electron chi connectivity index (χ4n) is 2.11. The summed E-state index contributed by atoms with van der Waals surface area (Å²) in [5.41, 5.74) is 4.96. The van der Waals surface area contributed by atoms with Gasteiger partial charge in [-0.05, 0) is 37.8 Å². The van der Waals surface area contributed by atoms with Gasteiger partial charge < -0.3 is 4.74 Å². The van der Waals surface area contributed by atoms with E-state index < -0.39 is 0 Å². The molecule has 2 unspecified atom stereocenters. The molecule has 3 N–H and O–H groups in total. The Labute approximate surface area is 96.2 Å². The van der Waals surface area contributed by atoms with Crippen LogP contribution < -0.4 is 11.3 Å². The van der Waals surface area contributed by atoms with Crippen LogP contribution in [0.25, 0.3) is 0 Å². The molecular formula is C12H19N3O. The fourth-order valence-corrected chi connectivity index (χ4v) is 2.11. The van der Waals surface area contributed by atoms with E-state index in [1.807, 2.05) is 19.2 Å². The molecule has 0 spiro atoms. The Morgan fingerprint density at radius 1 is 1.50 bits per heavy atom. The molecule has 0 aliphatic carbocycles. The first-order valence-corrected chi connectivity index (χ1v) is 5.81. The van der Waals surface area contributed by atoms with Gasteiger partial charge in [0.15, 0.2) is 0 Å². The van der Waals surface area contributed by atoms with Gasteiger partial charge >= 0.3 is 0 Å². The summed E-state index contributed by atoms with van der Waals surface area (Å²) in [7, 11) is 0. The van der Waals surface area contributed by atoms with E-state index in [9.17, 15) is 0 Å². The number of aromatic nitrogens is 1. The van der Waals surface area contributed by atoms with E-state index in [2.05, 4.69) is 16.5 Å². The topological polar surface area (TPSA) is 60.2 Å². The van der Waals surface area contributed by atoms with E-state index in [1.54, 1.807) is 0 Å². The summed E-state index contributed by atoms with van der Waals surface area (Å²) in [6.45, 7) is 2.81. The predicted molar refractivity (Wildman–Crippen MR) is 62.6 cm³/mol. The number of rotatable bonds is 3. The third-order valence-electron chi connectivity index (χ3n) is 3.06. The van der Waals surface area contributed by atoms with Gasteiger partial charge in [-0.2, -0.15) is 0 Å². The zero-order chi connectivity index (χ0) is 11.4. The predicted octanol–water partition coefficient (Wildman–Crippen LogP) is 1.46. The lowest BCUT2D eigenvalue weighted by atomic mass is 9.97. The molecule has 1 fully saturated rings. The number of nitrogens with one attached hydrogen (secondary N) is 1. The Bertz CT molecular complexity index is 320. The largest absolute Gasteiger partial charge is 0.376 e. The number of hydrazine groups is 1. The SMILES string of the molecule is Cc1ccc(C(NN)C2CCCCO2)cn1. The zero-order valence-corrected chi connectivity index (χ0v) is 9.65. The van der Waals surface area contributed by atoms with Crippen molar-refractivity contribution in [3.05, 3.63) is 29.6 Å². The van der Waals surface area contributed by atoms with Crippen LogP contribution >= 0.6 is 0 Å². The summed E-state index contributed by atoms with van der Waals surface area (Å²) in [6.07, 6.45) is 5.46. The van der Waals surface area contributed by atoms with Crippen molar-refractivity contribution in [2.45, 2.75) is 38.3 Å². The van der Waals surface area contributed by atoms with Crippen LogP contribution in [0.15, 0.2) is 18.3 Å². The molecule has 1 aliphatic rings. The molecule has 88 valence electrons. The van der Waals surface area contributed by atoms with Gasteiger partial charge in [0, 0.05) is 18.5 Å². The molecule has 1 aliphatic heterocycles. The number of hydrogen-bond acceptors (Lipinski definition) is 4. The van der Waals surface area contributed by atoms with Crippen molar-refractivity contribution in [1.82, 2.24) is 10.4 Å². The monoisotopic (exact) mass is 221 g/mol. The lowest BCUT2D eigenvalue weighted by Crippen LogP contribution is -2.39. The minimum Gasteiger partial charge on any atom is -0.376 e. The minimum absolute atomic E-state index is 0.0494. The third kappa shape index (κ3) is 2.58. The Morgan fingerprint density at radius 2 is 2.38 bits per heavy atom. The van der Waals surface area contributed by atoms with Crippen LogP contribution in [0, 0.1) is 6.92 Å².